The summed E-state index contributed by atoms with van der Waals surface area (Å²) in [5, 5.41) is 3.68. The number of methoxy groups -OCH3 is 1. The summed E-state index contributed by atoms with van der Waals surface area (Å²) in [6, 6.07) is 7.03. The number of furan rings is 1. The molecule has 0 amide bonds. The van der Waals surface area contributed by atoms with Crippen LogP contribution in [0.15, 0.2) is 41.1 Å². The van der Waals surface area contributed by atoms with E-state index in [0.29, 0.717) is 23.0 Å². The van der Waals surface area contributed by atoms with Gasteiger partial charge in [0.25, 0.3) is 0 Å². The van der Waals surface area contributed by atoms with Crippen molar-refractivity contribution < 1.29 is 13.9 Å². The normalized spacial score (nSPS) is 10.8. The molecule has 7 heteroatoms. The summed E-state index contributed by atoms with van der Waals surface area (Å²) < 4.78 is 11.8. The van der Waals surface area contributed by atoms with Crippen LogP contribution >= 0.6 is 11.6 Å². The highest BCUT2D eigenvalue weighted by Crippen LogP contribution is 2.22. The molecule has 0 saturated carbocycles. The molecule has 0 aliphatic rings. The van der Waals surface area contributed by atoms with Crippen LogP contribution in [-0.2, 0) is 11.3 Å². The van der Waals surface area contributed by atoms with Crippen molar-refractivity contribution >= 4 is 29.0 Å². The number of fused-ring (bicyclic) bond motifs is 1. The third-order valence-corrected chi connectivity index (χ3v) is 3.21. The molecule has 3 aromatic heterocycles. The van der Waals surface area contributed by atoms with Crippen molar-refractivity contribution in [1.82, 2.24) is 9.38 Å². The van der Waals surface area contributed by atoms with Gasteiger partial charge in [0.15, 0.2) is 5.69 Å². The number of imidazole rings is 1. The molecular weight excluding hydrogens is 294 g/mol. The van der Waals surface area contributed by atoms with Gasteiger partial charge < -0.3 is 14.5 Å². The number of aromatic nitrogens is 2. The maximum Gasteiger partial charge on any atom is 0.360 e. The second-order valence-corrected chi connectivity index (χ2v) is 4.74. The summed E-state index contributed by atoms with van der Waals surface area (Å²) in [4.78, 5) is 16.1. The Morgan fingerprint density at radius 3 is 3.10 bits per heavy atom. The van der Waals surface area contributed by atoms with Gasteiger partial charge in [-0.05, 0) is 18.2 Å². The van der Waals surface area contributed by atoms with E-state index >= 15 is 0 Å². The van der Waals surface area contributed by atoms with Crippen LogP contribution in [0.2, 0.25) is 5.02 Å². The highest BCUT2D eigenvalue weighted by molar-refractivity contribution is 6.30. The number of hydrogen-bond donors (Lipinski definition) is 1. The number of carbonyl (C=O) groups is 1. The van der Waals surface area contributed by atoms with Crippen LogP contribution in [0.25, 0.3) is 5.65 Å². The fourth-order valence-corrected chi connectivity index (χ4v) is 2.17. The van der Waals surface area contributed by atoms with Gasteiger partial charge in [-0.15, -0.1) is 0 Å². The van der Waals surface area contributed by atoms with E-state index in [1.807, 2.05) is 6.07 Å². The van der Waals surface area contributed by atoms with E-state index in [9.17, 15) is 4.79 Å². The van der Waals surface area contributed by atoms with Crippen LogP contribution in [0, 0.1) is 0 Å². The molecule has 0 aliphatic carbocycles. The van der Waals surface area contributed by atoms with Crippen LogP contribution in [0.1, 0.15) is 16.2 Å². The lowest BCUT2D eigenvalue weighted by Crippen LogP contribution is -2.09. The minimum Gasteiger partial charge on any atom is -0.467 e. The smallest absolute Gasteiger partial charge is 0.360 e. The van der Waals surface area contributed by atoms with Crippen LogP contribution < -0.4 is 5.32 Å². The number of esters is 1. The SMILES string of the molecule is COC(=O)c1nc2cc(Cl)ccn2c1NCc1ccco1. The Morgan fingerprint density at radius 1 is 1.52 bits per heavy atom. The number of anilines is 1. The van der Waals surface area contributed by atoms with Gasteiger partial charge in [0.2, 0.25) is 0 Å². The molecule has 0 spiro atoms. The van der Waals surface area contributed by atoms with Crippen LogP contribution in [0.4, 0.5) is 5.82 Å². The van der Waals surface area contributed by atoms with Crippen LogP contribution in [-0.4, -0.2) is 22.5 Å². The molecular formula is C14H12ClN3O3. The summed E-state index contributed by atoms with van der Waals surface area (Å²) >= 11 is 5.95. The molecule has 3 rings (SSSR count). The van der Waals surface area contributed by atoms with Gasteiger partial charge in [0, 0.05) is 17.3 Å². The molecule has 0 bridgehead atoms. The van der Waals surface area contributed by atoms with Gasteiger partial charge in [0.05, 0.1) is 19.9 Å². The van der Waals surface area contributed by atoms with E-state index in [4.69, 9.17) is 20.8 Å². The van der Waals surface area contributed by atoms with Crippen molar-refractivity contribution in [3.05, 3.63) is 53.2 Å². The highest BCUT2D eigenvalue weighted by atomic mass is 35.5. The fraction of sp³-hybridized carbons (Fsp3) is 0.143. The Labute approximate surface area is 125 Å². The zero-order valence-corrected chi connectivity index (χ0v) is 11.9. The largest absolute Gasteiger partial charge is 0.467 e. The van der Waals surface area contributed by atoms with Crippen molar-refractivity contribution in [2.45, 2.75) is 6.54 Å². The molecule has 0 unspecified atom stereocenters. The first-order chi connectivity index (χ1) is 10.2. The number of rotatable bonds is 4. The molecule has 108 valence electrons. The van der Waals surface area contributed by atoms with Gasteiger partial charge in [-0.1, -0.05) is 11.6 Å². The molecule has 0 atom stereocenters. The zero-order chi connectivity index (χ0) is 14.8. The Hall–Kier alpha value is -2.47. The molecule has 3 aromatic rings. The Kier molecular flexibility index (Phi) is 3.53. The number of pyridine rings is 1. The van der Waals surface area contributed by atoms with Gasteiger partial charge in [-0.2, -0.15) is 0 Å². The maximum absolute atomic E-state index is 11.9. The maximum atomic E-state index is 11.9. The second kappa shape index (κ2) is 5.49. The summed E-state index contributed by atoms with van der Waals surface area (Å²) in [5.74, 6) is 0.761. The minimum atomic E-state index is -0.517. The highest BCUT2D eigenvalue weighted by Gasteiger charge is 2.19. The van der Waals surface area contributed by atoms with Crippen molar-refractivity contribution in [2.75, 3.05) is 12.4 Å². The molecule has 0 aromatic carbocycles. The Morgan fingerprint density at radius 2 is 2.38 bits per heavy atom. The second-order valence-electron chi connectivity index (χ2n) is 4.31. The van der Waals surface area contributed by atoms with E-state index in [-0.39, 0.29) is 5.69 Å². The molecule has 1 N–H and O–H groups in total. The van der Waals surface area contributed by atoms with Crippen molar-refractivity contribution in [2.24, 2.45) is 0 Å². The minimum absolute atomic E-state index is 0.200. The van der Waals surface area contributed by atoms with E-state index in [1.54, 1.807) is 35.1 Å². The third kappa shape index (κ3) is 2.57. The fourth-order valence-electron chi connectivity index (χ4n) is 2.01. The third-order valence-electron chi connectivity index (χ3n) is 2.98. The Bertz CT molecular complexity index is 780. The standard InChI is InChI=1S/C14H12ClN3O3/c1-20-14(19)12-13(16-8-10-3-2-6-21-10)18-5-4-9(15)7-11(18)17-12/h2-7,16H,8H2,1H3. The van der Waals surface area contributed by atoms with E-state index in [1.165, 1.54) is 7.11 Å². The van der Waals surface area contributed by atoms with E-state index < -0.39 is 5.97 Å². The predicted molar refractivity (Wildman–Crippen MR) is 77.6 cm³/mol. The first-order valence-corrected chi connectivity index (χ1v) is 6.59. The summed E-state index contributed by atoms with van der Waals surface area (Å²) in [6.07, 6.45) is 3.33. The number of ether oxygens (including phenoxy) is 1. The number of hydrogen-bond acceptors (Lipinski definition) is 5. The quantitative estimate of drug-likeness (QED) is 0.750. The number of carbonyl (C=O) groups excluding carboxylic acids is 1. The lowest BCUT2D eigenvalue weighted by atomic mass is 10.4. The molecule has 0 saturated heterocycles. The van der Waals surface area contributed by atoms with Crippen molar-refractivity contribution in [3.63, 3.8) is 0 Å². The molecule has 0 radical (unpaired) electrons. The number of halogens is 1. The average molecular weight is 306 g/mol. The van der Waals surface area contributed by atoms with Crippen LogP contribution in [0.3, 0.4) is 0 Å². The lowest BCUT2D eigenvalue weighted by molar-refractivity contribution is 0.0596. The summed E-state index contributed by atoms with van der Waals surface area (Å²) in [5.41, 5.74) is 0.760. The summed E-state index contributed by atoms with van der Waals surface area (Å²) in [6.45, 7) is 0.424. The number of nitrogens with zero attached hydrogens (tertiary/aromatic N) is 2. The van der Waals surface area contributed by atoms with Gasteiger partial charge in [-0.25, -0.2) is 9.78 Å². The molecule has 6 nitrogen and oxygen atoms in total. The topological polar surface area (TPSA) is 68.8 Å². The predicted octanol–water partition coefficient (Wildman–Crippen LogP) is 2.98. The molecule has 21 heavy (non-hydrogen) atoms. The lowest BCUT2D eigenvalue weighted by Gasteiger charge is -2.06. The molecule has 0 fully saturated rings. The van der Waals surface area contributed by atoms with Gasteiger partial charge in [0.1, 0.15) is 17.2 Å². The monoisotopic (exact) mass is 305 g/mol. The van der Waals surface area contributed by atoms with Gasteiger partial charge in [-0.3, -0.25) is 4.40 Å². The van der Waals surface area contributed by atoms with E-state index in [0.717, 1.165) is 5.76 Å². The summed E-state index contributed by atoms with van der Waals surface area (Å²) in [7, 11) is 1.32. The first-order valence-electron chi connectivity index (χ1n) is 6.21. The van der Waals surface area contributed by atoms with Crippen LogP contribution in [0.5, 0.6) is 0 Å². The van der Waals surface area contributed by atoms with E-state index in [2.05, 4.69) is 10.3 Å². The Balaban J connectivity index is 2.02. The molecule has 0 aliphatic heterocycles. The first kappa shape index (κ1) is 13.5. The number of nitrogens with one attached hydrogen (secondary N) is 1. The van der Waals surface area contributed by atoms with Gasteiger partial charge >= 0.3 is 5.97 Å². The van der Waals surface area contributed by atoms with Crippen molar-refractivity contribution in [3.8, 4) is 0 Å². The van der Waals surface area contributed by atoms with Crippen molar-refractivity contribution in [1.29, 1.82) is 0 Å². The zero-order valence-electron chi connectivity index (χ0n) is 11.2. The average Bonchev–Trinajstić information content (AvgIpc) is 3.11. The molecule has 3 heterocycles.